The largest absolute Gasteiger partial charge is 0.352 e. The van der Waals surface area contributed by atoms with Gasteiger partial charge in [0.1, 0.15) is 11.9 Å². The zero-order valence-corrected chi connectivity index (χ0v) is 15.1. The third kappa shape index (κ3) is 3.50. The van der Waals surface area contributed by atoms with Crippen molar-refractivity contribution < 1.29 is 4.79 Å². The van der Waals surface area contributed by atoms with Crippen molar-refractivity contribution in [1.82, 2.24) is 24.8 Å². The molecule has 4 rings (SSSR count). The van der Waals surface area contributed by atoms with Crippen LogP contribution in [0.3, 0.4) is 0 Å². The van der Waals surface area contributed by atoms with Crippen LogP contribution in [0.15, 0.2) is 55.2 Å². The Morgan fingerprint density at radius 2 is 1.68 bits per heavy atom. The molecule has 0 atom stereocenters. The lowest BCUT2D eigenvalue weighted by atomic mass is 10.2. The molecule has 0 N–H and O–H groups in total. The van der Waals surface area contributed by atoms with Crippen molar-refractivity contribution in [2.45, 2.75) is 0 Å². The number of pyridine rings is 2. The maximum absolute atomic E-state index is 12.8. The van der Waals surface area contributed by atoms with Gasteiger partial charge in [0.25, 0.3) is 5.91 Å². The quantitative estimate of drug-likeness (QED) is 0.692. The minimum atomic E-state index is -0.0949. The molecule has 3 aromatic rings. The first-order valence-corrected chi connectivity index (χ1v) is 8.88. The molecule has 0 aromatic carbocycles. The lowest BCUT2D eigenvalue weighted by Gasteiger charge is -2.35. The molecular formula is C20H17N7O. The molecule has 0 unspecified atom stereocenters. The Hall–Kier alpha value is -3.86. The van der Waals surface area contributed by atoms with Crippen LogP contribution in [0.25, 0.3) is 11.4 Å². The van der Waals surface area contributed by atoms with Crippen LogP contribution in [0, 0.1) is 11.3 Å². The van der Waals surface area contributed by atoms with Gasteiger partial charge in [-0.15, -0.1) is 0 Å². The molecule has 0 aliphatic carbocycles. The summed E-state index contributed by atoms with van der Waals surface area (Å²) in [6.45, 7) is 2.33. The summed E-state index contributed by atoms with van der Waals surface area (Å²) in [6.07, 6.45) is 8.15. The van der Waals surface area contributed by atoms with E-state index in [1.165, 1.54) is 0 Å². The Morgan fingerprint density at radius 1 is 0.964 bits per heavy atom. The summed E-state index contributed by atoms with van der Waals surface area (Å²) in [5.74, 6) is 1.13. The monoisotopic (exact) mass is 371 g/mol. The lowest BCUT2D eigenvalue weighted by molar-refractivity contribution is 0.0745. The average molecular weight is 371 g/mol. The molecule has 0 spiro atoms. The van der Waals surface area contributed by atoms with Crippen LogP contribution < -0.4 is 4.90 Å². The van der Waals surface area contributed by atoms with Crippen molar-refractivity contribution in [3.8, 4) is 17.5 Å². The van der Waals surface area contributed by atoms with Gasteiger partial charge in [0, 0.05) is 62.7 Å². The van der Waals surface area contributed by atoms with Gasteiger partial charge in [-0.25, -0.2) is 15.0 Å². The Labute approximate surface area is 162 Å². The van der Waals surface area contributed by atoms with E-state index in [4.69, 9.17) is 0 Å². The average Bonchev–Trinajstić information content (AvgIpc) is 2.79. The standard InChI is InChI=1S/C20H17N7O/c21-12-16-2-1-5-23-19(16)26-8-10-27(11-9-26)20(28)17-13-24-18(25-14-17)15-3-6-22-7-4-15/h1-7,13-14H,8-11H2. The highest BCUT2D eigenvalue weighted by atomic mass is 16.2. The number of rotatable bonds is 3. The van der Waals surface area contributed by atoms with Gasteiger partial charge in [0.05, 0.1) is 11.1 Å². The summed E-state index contributed by atoms with van der Waals surface area (Å²) < 4.78 is 0. The SMILES string of the molecule is N#Cc1cccnc1N1CCN(C(=O)c2cnc(-c3ccncc3)nc2)CC1. The molecule has 3 aromatic heterocycles. The molecule has 1 saturated heterocycles. The molecule has 0 radical (unpaired) electrons. The van der Waals surface area contributed by atoms with Gasteiger partial charge in [-0.2, -0.15) is 5.26 Å². The maximum Gasteiger partial charge on any atom is 0.257 e. The summed E-state index contributed by atoms with van der Waals surface area (Å²) in [6, 6.07) is 9.31. The molecule has 1 fully saturated rings. The highest BCUT2D eigenvalue weighted by molar-refractivity contribution is 5.94. The van der Waals surface area contributed by atoms with Gasteiger partial charge in [-0.05, 0) is 24.3 Å². The predicted octanol–water partition coefficient (Wildman–Crippen LogP) is 1.77. The zero-order chi connectivity index (χ0) is 19.3. The number of piperazine rings is 1. The van der Waals surface area contributed by atoms with Crippen molar-refractivity contribution in [3.63, 3.8) is 0 Å². The summed E-state index contributed by atoms with van der Waals surface area (Å²) >= 11 is 0. The van der Waals surface area contributed by atoms with Gasteiger partial charge < -0.3 is 9.80 Å². The van der Waals surface area contributed by atoms with Crippen molar-refractivity contribution >= 4 is 11.7 Å². The summed E-state index contributed by atoms with van der Waals surface area (Å²) in [5.41, 5.74) is 1.86. The Bertz CT molecular complexity index is 1010. The normalized spacial score (nSPS) is 13.8. The summed E-state index contributed by atoms with van der Waals surface area (Å²) in [5, 5.41) is 9.24. The molecule has 138 valence electrons. The van der Waals surface area contributed by atoms with E-state index in [0.717, 1.165) is 5.56 Å². The Kier molecular flexibility index (Phi) is 4.89. The van der Waals surface area contributed by atoms with Crippen LogP contribution in [0.4, 0.5) is 5.82 Å². The van der Waals surface area contributed by atoms with Gasteiger partial charge in [-0.1, -0.05) is 0 Å². The second-order valence-electron chi connectivity index (χ2n) is 6.30. The van der Waals surface area contributed by atoms with Gasteiger partial charge >= 0.3 is 0 Å². The minimum Gasteiger partial charge on any atom is -0.352 e. The first-order valence-electron chi connectivity index (χ1n) is 8.88. The van der Waals surface area contributed by atoms with E-state index in [1.807, 2.05) is 17.0 Å². The van der Waals surface area contributed by atoms with Gasteiger partial charge in [-0.3, -0.25) is 9.78 Å². The highest BCUT2D eigenvalue weighted by Crippen LogP contribution is 2.19. The highest BCUT2D eigenvalue weighted by Gasteiger charge is 2.24. The fourth-order valence-corrected chi connectivity index (χ4v) is 3.13. The minimum absolute atomic E-state index is 0.0949. The molecule has 8 nitrogen and oxygen atoms in total. The second kappa shape index (κ2) is 7.80. The Balaban J connectivity index is 1.42. The fourth-order valence-electron chi connectivity index (χ4n) is 3.13. The number of nitrogens with zero attached hydrogens (tertiary/aromatic N) is 7. The third-order valence-electron chi connectivity index (χ3n) is 4.61. The number of hydrogen-bond acceptors (Lipinski definition) is 7. The molecule has 4 heterocycles. The number of carbonyl (C=O) groups excluding carboxylic acids is 1. The number of anilines is 1. The Morgan fingerprint density at radius 3 is 2.36 bits per heavy atom. The lowest BCUT2D eigenvalue weighted by Crippen LogP contribution is -2.49. The van der Waals surface area contributed by atoms with Crippen LogP contribution in [-0.2, 0) is 0 Å². The van der Waals surface area contributed by atoms with Crippen LogP contribution >= 0.6 is 0 Å². The number of aromatic nitrogens is 4. The molecule has 8 heteroatoms. The van der Waals surface area contributed by atoms with E-state index < -0.39 is 0 Å². The zero-order valence-electron chi connectivity index (χ0n) is 15.1. The van der Waals surface area contributed by atoms with E-state index in [9.17, 15) is 10.1 Å². The molecule has 1 aliphatic heterocycles. The van der Waals surface area contributed by atoms with E-state index in [-0.39, 0.29) is 5.91 Å². The van der Waals surface area contributed by atoms with Gasteiger partial charge in [0.2, 0.25) is 0 Å². The molecular weight excluding hydrogens is 354 g/mol. The first-order chi connectivity index (χ1) is 13.8. The molecule has 28 heavy (non-hydrogen) atoms. The number of amides is 1. The van der Waals surface area contributed by atoms with Crippen molar-refractivity contribution in [1.29, 1.82) is 5.26 Å². The van der Waals surface area contributed by atoms with Gasteiger partial charge in [0.15, 0.2) is 5.82 Å². The van der Waals surface area contributed by atoms with Crippen LogP contribution in [-0.4, -0.2) is 56.9 Å². The molecule has 1 aliphatic rings. The van der Waals surface area contributed by atoms with E-state index >= 15 is 0 Å². The van der Waals surface area contributed by atoms with E-state index in [0.29, 0.717) is 48.9 Å². The van der Waals surface area contributed by atoms with Crippen LogP contribution in [0.1, 0.15) is 15.9 Å². The third-order valence-corrected chi connectivity index (χ3v) is 4.61. The van der Waals surface area contributed by atoms with Crippen LogP contribution in [0.2, 0.25) is 0 Å². The second-order valence-corrected chi connectivity index (χ2v) is 6.30. The fraction of sp³-hybridized carbons (Fsp3) is 0.200. The molecule has 0 saturated carbocycles. The summed E-state index contributed by atoms with van der Waals surface area (Å²) in [7, 11) is 0. The number of hydrogen-bond donors (Lipinski definition) is 0. The van der Waals surface area contributed by atoms with Crippen molar-refractivity contribution in [3.05, 3.63) is 66.4 Å². The van der Waals surface area contributed by atoms with E-state index in [1.54, 1.807) is 48.0 Å². The maximum atomic E-state index is 12.8. The smallest absolute Gasteiger partial charge is 0.257 e. The first kappa shape index (κ1) is 17.5. The molecule has 1 amide bonds. The van der Waals surface area contributed by atoms with E-state index in [2.05, 4.69) is 26.0 Å². The van der Waals surface area contributed by atoms with Crippen molar-refractivity contribution in [2.75, 3.05) is 31.1 Å². The topological polar surface area (TPSA) is 98.9 Å². The number of nitriles is 1. The summed E-state index contributed by atoms with van der Waals surface area (Å²) in [4.78, 5) is 33.5. The van der Waals surface area contributed by atoms with Crippen LogP contribution in [0.5, 0.6) is 0 Å². The predicted molar refractivity (Wildman–Crippen MR) is 102 cm³/mol. The number of carbonyl (C=O) groups is 1. The molecule has 0 bridgehead atoms. The van der Waals surface area contributed by atoms with Crippen molar-refractivity contribution in [2.24, 2.45) is 0 Å².